The number of likely N-dealkylation sites (tertiary alicyclic amines) is 1. The van der Waals surface area contributed by atoms with Gasteiger partial charge in [0.15, 0.2) is 0 Å². The molecule has 0 atom stereocenters. The van der Waals surface area contributed by atoms with Gasteiger partial charge in [-0.25, -0.2) is 0 Å². The van der Waals surface area contributed by atoms with Crippen LogP contribution >= 0.6 is 11.6 Å². The van der Waals surface area contributed by atoms with Gasteiger partial charge >= 0.3 is 0 Å². The average molecular weight is 239 g/mol. The SMILES string of the molecule is COc1cccc(Cl)c1CN1CCCC1=N. The molecule has 0 aromatic heterocycles. The van der Waals surface area contributed by atoms with E-state index in [1.165, 1.54) is 0 Å². The van der Waals surface area contributed by atoms with Crippen LogP contribution in [-0.2, 0) is 6.54 Å². The first-order valence-corrected chi connectivity index (χ1v) is 5.74. The number of rotatable bonds is 3. The fourth-order valence-electron chi connectivity index (χ4n) is 1.98. The van der Waals surface area contributed by atoms with Gasteiger partial charge < -0.3 is 9.64 Å². The standard InChI is InChI=1S/C12H15ClN2O/c1-16-11-5-2-4-10(13)9(11)8-15-7-3-6-12(15)14/h2,4-5,14H,3,6-8H2,1H3. The van der Waals surface area contributed by atoms with E-state index < -0.39 is 0 Å². The van der Waals surface area contributed by atoms with Crippen molar-refractivity contribution in [3.63, 3.8) is 0 Å². The van der Waals surface area contributed by atoms with Crippen LogP contribution < -0.4 is 4.74 Å². The van der Waals surface area contributed by atoms with Gasteiger partial charge in [0.05, 0.1) is 12.9 Å². The monoisotopic (exact) mass is 238 g/mol. The molecule has 0 saturated carbocycles. The zero-order valence-corrected chi connectivity index (χ0v) is 10.0. The summed E-state index contributed by atoms with van der Waals surface area (Å²) >= 11 is 6.16. The van der Waals surface area contributed by atoms with E-state index in [-0.39, 0.29) is 0 Å². The Hall–Kier alpha value is -1.22. The fraction of sp³-hybridized carbons (Fsp3) is 0.417. The zero-order chi connectivity index (χ0) is 11.5. The Labute approximate surface area is 100 Å². The maximum absolute atomic E-state index is 7.80. The largest absolute Gasteiger partial charge is 0.496 e. The molecule has 0 spiro atoms. The maximum atomic E-state index is 7.80. The maximum Gasteiger partial charge on any atom is 0.125 e. The fourth-order valence-corrected chi connectivity index (χ4v) is 2.20. The number of halogens is 1. The van der Waals surface area contributed by atoms with Crippen molar-refractivity contribution in [2.24, 2.45) is 0 Å². The molecule has 1 heterocycles. The first-order chi connectivity index (χ1) is 7.72. The van der Waals surface area contributed by atoms with E-state index in [4.69, 9.17) is 21.7 Å². The van der Waals surface area contributed by atoms with E-state index in [0.29, 0.717) is 17.4 Å². The number of nitrogens with one attached hydrogen (secondary N) is 1. The van der Waals surface area contributed by atoms with Gasteiger partial charge in [-0.05, 0) is 18.6 Å². The molecule has 1 N–H and O–H groups in total. The normalized spacial score (nSPS) is 15.6. The molecule has 4 heteroatoms. The number of nitrogens with zero attached hydrogens (tertiary/aromatic N) is 1. The van der Waals surface area contributed by atoms with Crippen LogP contribution in [0, 0.1) is 5.41 Å². The van der Waals surface area contributed by atoms with Crippen LogP contribution in [0.4, 0.5) is 0 Å². The highest BCUT2D eigenvalue weighted by atomic mass is 35.5. The van der Waals surface area contributed by atoms with Gasteiger partial charge in [0.1, 0.15) is 5.75 Å². The van der Waals surface area contributed by atoms with Crippen LogP contribution in [0.2, 0.25) is 5.02 Å². The first kappa shape index (κ1) is 11.3. The summed E-state index contributed by atoms with van der Waals surface area (Å²) in [5.41, 5.74) is 0.971. The predicted octanol–water partition coefficient (Wildman–Crippen LogP) is 2.92. The van der Waals surface area contributed by atoms with Gasteiger partial charge in [0.2, 0.25) is 0 Å². The smallest absolute Gasteiger partial charge is 0.125 e. The third-order valence-electron chi connectivity index (χ3n) is 2.87. The summed E-state index contributed by atoms with van der Waals surface area (Å²) < 4.78 is 5.29. The molecular formula is C12H15ClN2O. The molecule has 0 radical (unpaired) electrons. The van der Waals surface area contributed by atoms with Crippen molar-refractivity contribution in [1.82, 2.24) is 4.90 Å². The van der Waals surface area contributed by atoms with Crippen molar-refractivity contribution in [3.05, 3.63) is 28.8 Å². The Morgan fingerprint density at radius 2 is 2.31 bits per heavy atom. The van der Waals surface area contributed by atoms with Gasteiger partial charge in [0.25, 0.3) is 0 Å². The van der Waals surface area contributed by atoms with Crippen LogP contribution in [0.25, 0.3) is 0 Å². The summed E-state index contributed by atoms with van der Waals surface area (Å²) in [5.74, 6) is 1.49. The molecule has 86 valence electrons. The predicted molar refractivity (Wildman–Crippen MR) is 65.4 cm³/mol. The van der Waals surface area contributed by atoms with Gasteiger partial charge in [-0.3, -0.25) is 5.41 Å². The molecule has 3 nitrogen and oxygen atoms in total. The minimum Gasteiger partial charge on any atom is -0.496 e. The number of hydrogen-bond acceptors (Lipinski definition) is 2. The Morgan fingerprint density at radius 3 is 2.94 bits per heavy atom. The average Bonchev–Trinajstić information content (AvgIpc) is 2.67. The molecule has 1 fully saturated rings. The summed E-state index contributed by atoms with van der Waals surface area (Å²) in [6.07, 6.45) is 1.93. The summed E-state index contributed by atoms with van der Waals surface area (Å²) in [7, 11) is 1.64. The lowest BCUT2D eigenvalue weighted by Crippen LogP contribution is -2.23. The molecular weight excluding hydrogens is 224 g/mol. The van der Waals surface area contributed by atoms with Crippen LogP contribution in [0.1, 0.15) is 18.4 Å². The Balaban J connectivity index is 2.22. The van der Waals surface area contributed by atoms with Crippen molar-refractivity contribution in [2.75, 3.05) is 13.7 Å². The molecule has 0 aliphatic carbocycles. The molecule has 2 rings (SSSR count). The minimum atomic E-state index is 0.668. The van der Waals surface area contributed by atoms with Crippen molar-refractivity contribution >= 4 is 17.4 Å². The third-order valence-corrected chi connectivity index (χ3v) is 3.22. The highest BCUT2D eigenvalue weighted by Gasteiger charge is 2.19. The topological polar surface area (TPSA) is 36.3 Å². The highest BCUT2D eigenvalue weighted by Crippen LogP contribution is 2.28. The van der Waals surface area contributed by atoms with Crippen molar-refractivity contribution in [3.8, 4) is 5.75 Å². The van der Waals surface area contributed by atoms with Crippen LogP contribution in [0.3, 0.4) is 0 Å². The van der Waals surface area contributed by atoms with Gasteiger partial charge in [-0.1, -0.05) is 17.7 Å². The van der Waals surface area contributed by atoms with Gasteiger partial charge in [-0.15, -0.1) is 0 Å². The van der Waals surface area contributed by atoms with Gasteiger partial charge in [-0.2, -0.15) is 0 Å². The Bertz CT molecular complexity index is 406. The van der Waals surface area contributed by atoms with Crippen molar-refractivity contribution in [1.29, 1.82) is 5.41 Å². The van der Waals surface area contributed by atoms with Crippen molar-refractivity contribution in [2.45, 2.75) is 19.4 Å². The lowest BCUT2D eigenvalue weighted by Gasteiger charge is -2.20. The zero-order valence-electron chi connectivity index (χ0n) is 9.29. The summed E-state index contributed by atoms with van der Waals surface area (Å²) in [5, 5.41) is 8.50. The molecule has 0 amide bonds. The molecule has 1 aromatic rings. The first-order valence-electron chi connectivity index (χ1n) is 5.36. The highest BCUT2D eigenvalue weighted by molar-refractivity contribution is 6.31. The second-order valence-corrected chi connectivity index (χ2v) is 4.30. The number of benzene rings is 1. The molecule has 1 aliphatic rings. The van der Waals surface area contributed by atoms with Crippen LogP contribution in [0.15, 0.2) is 18.2 Å². The number of ether oxygens (including phenoxy) is 1. The van der Waals surface area contributed by atoms with Crippen molar-refractivity contribution < 1.29 is 4.74 Å². The second-order valence-electron chi connectivity index (χ2n) is 3.89. The molecule has 0 bridgehead atoms. The van der Waals surface area contributed by atoms with E-state index >= 15 is 0 Å². The lowest BCUT2D eigenvalue weighted by molar-refractivity contribution is 0.390. The van der Waals surface area contributed by atoms with E-state index in [2.05, 4.69) is 0 Å². The summed E-state index contributed by atoms with van der Waals surface area (Å²) in [6.45, 7) is 1.61. The van der Waals surface area contributed by atoms with E-state index in [9.17, 15) is 0 Å². The minimum absolute atomic E-state index is 0.668. The number of amidine groups is 1. The summed E-state index contributed by atoms with van der Waals surface area (Å²) in [6, 6.07) is 5.64. The number of methoxy groups -OCH3 is 1. The molecule has 1 aromatic carbocycles. The van der Waals surface area contributed by atoms with Gasteiger partial charge in [0, 0.05) is 30.1 Å². The van der Waals surface area contributed by atoms with E-state index in [1.54, 1.807) is 7.11 Å². The molecule has 0 unspecified atom stereocenters. The second kappa shape index (κ2) is 4.74. The number of hydrogen-bond donors (Lipinski definition) is 1. The van der Waals surface area contributed by atoms with Crippen LogP contribution in [-0.4, -0.2) is 24.4 Å². The van der Waals surface area contributed by atoms with E-state index in [1.807, 2.05) is 23.1 Å². The Morgan fingerprint density at radius 1 is 1.50 bits per heavy atom. The Kier molecular flexibility index (Phi) is 3.34. The molecule has 1 saturated heterocycles. The lowest BCUT2D eigenvalue weighted by atomic mass is 10.2. The quantitative estimate of drug-likeness (QED) is 0.879. The van der Waals surface area contributed by atoms with E-state index in [0.717, 1.165) is 30.7 Å². The summed E-state index contributed by atoms with van der Waals surface area (Å²) in [4.78, 5) is 2.05. The molecule has 16 heavy (non-hydrogen) atoms. The van der Waals surface area contributed by atoms with Crippen LogP contribution in [0.5, 0.6) is 5.75 Å². The third kappa shape index (κ3) is 2.14. The molecule has 1 aliphatic heterocycles.